The smallest absolute Gasteiger partial charge is 0.256 e. The summed E-state index contributed by atoms with van der Waals surface area (Å²) >= 11 is 9.50. The maximum Gasteiger partial charge on any atom is 0.256 e. The number of nitrogens with one attached hydrogen (secondary N) is 1. The van der Waals surface area contributed by atoms with Gasteiger partial charge in [-0.25, -0.2) is 0 Å². The highest BCUT2D eigenvalue weighted by Crippen LogP contribution is 2.26. The van der Waals surface area contributed by atoms with E-state index >= 15 is 0 Å². The summed E-state index contributed by atoms with van der Waals surface area (Å²) in [5.41, 5.74) is 2.59. The topological polar surface area (TPSA) is 59.3 Å². The Hall–Kier alpha value is -2.63. The molecular formula is C21H13BrClNO3. The highest BCUT2D eigenvalue weighted by atomic mass is 79.9. The second kappa shape index (κ2) is 6.83. The molecule has 0 fully saturated rings. The summed E-state index contributed by atoms with van der Waals surface area (Å²) in [5.74, 6) is -0.257. The van der Waals surface area contributed by atoms with Gasteiger partial charge in [-0.3, -0.25) is 9.59 Å². The van der Waals surface area contributed by atoms with Gasteiger partial charge in [0, 0.05) is 21.2 Å². The van der Waals surface area contributed by atoms with Crippen LogP contribution in [0.15, 0.2) is 68.3 Å². The fraction of sp³-hybridized carbons (Fsp3) is 0.0476. The molecule has 1 amide bonds. The minimum atomic E-state index is -0.257. The first-order chi connectivity index (χ1) is 12.9. The van der Waals surface area contributed by atoms with Gasteiger partial charge in [0.2, 0.25) is 5.43 Å². The van der Waals surface area contributed by atoms with Gasteiger partial charge >= 0.3 is 0 Å². The Morgan fingerprint density at radius 1 is 1.04 bits per heavy atom. The number of fused-ring (bicyclic) bond motifs is 2. The van der Waals surface area contributed by atoms with E-state index in [1.54, 1.807) is 48.5 Å². The average molecular weight is 443 g/mol. The van der Waals surface area contributed by atoms with Crippen molar-refractivity contribution in [1.82, 2.24) is 0 Å². The first kappa shape index (κ1) is 17.8. The SMILES string of the molecule is Cc1cc2oc3cc(NC(=O)c4ccccc4Br)ccc3c(=O)c2cc1Cl. The zero-order chi connectivity index (χ0) is 19.1. The van der Waals surface area contributed by atoms with Crippen molar-refractivity contribution in [3.8, 4) is 0 Å². The normalized spacial score (nSPS) is 11.1. The van der Waals surface area contributed by atoms with Gasteiger partial charge in [-0.2, -0.15) is 0 Å². The number of anilines is 1. The van der Waals surface area contributed by atoms with E-state index < -0.39 is 0 Å². The predicted molar refractivity (Wildman–Crippen MR) is 112 cm³/mol. The van der Waals surface area contributed by atoms with E-state index in [0.29, 0.717) is 42.7 Å². The Kier molecular flexibility index (Phi) is 4.50. The first-order valence-corrected chi connectivity index (χ1v) is 9.34. The van der Waals surface area contributed by atoms with Crippen LogP contribution in [0.2, 0.25) is 5.02 Å². The standard InChI is InChI=1S/C21H13BrClNO3/c1-11-8-18-15(10-17(11)23)20(25)14-7-6-12(9-19(14)27-18)24-21(26)13-4-2-3-5-16(13)22/h2-10H,1H3,(H,24,26). The molecule has 4 nitrogen and oxygen atoms in total. The fourth-order valence-electron chi connectivity index (χ4n) is 2.90. The van der Waals surface area contributed by atoms with Crippen LogP contribution < -0.4 is 10.7 Å². The molecule has 0 spiro atoms. The summed E-state index contributed by atoms with van der Waals surface area (Å²) < 4.78 is 6.60. The summed E-state index contributed by atoms with van der Waals surface area (Å²) in [7, 11) is 0. The molecule has 1 heterocycles. The number of amides is 1. The van der Waals surface area contributed by atoms with Crippen LogP contribution in [0.5, 0.6) is 0 Å². The van der Waals surface area contributed by atoms with Gasteiger partial charge in [0.25, 0.3) is 5.91 Å². The molecule has 0 aliphatic rings. The summed E-state index contributed by atoms with van der Waals surface area (Å²) in [4.78, 5) is 25.2. The number of halogens is 2. The Bertz CT molecular complexity index is 1280. The van der Waals surface area contributed by atoms with Crippen LogP contribution in [0.4, 0.5) is 5.69 Å². The van der Waals surface area contributed by atoms with Crippen LogP contribution in [0.3, 0.4) is 0 Å². The number of carbonyl (C=O) groups is 1. The van der Waals surface area contributed by atoms with Crippen LogP contribution in [-0.4, -0.2) is 5.91 Å². The third kappa shape index (κ3) is 3.24. The molecule has 4 aromatic rings. The first-order valence-electron chi connectivity index (χ1n) is 8.16. The van der Waals surface area contributed by atoms with Gasteiger partial charge in [-0.15, -0.1) is 0 Å². The number of rotatable bonds is 2. The number of hydrogen-bond acceptors (Lipinski definition) is 3. The molecule has 3 aromatic carbocycles. The molecule has 1 N–H and O–H groups in total. The summed E-state index contributed by atoms with van der Waals surface area (Å²) in [5, 5.41) is 4.21. The lowest BCUT2D eigenvalue weighted by Gasteiger charge is -2.08. The molecule has 0 atom stereocenters. The molecule has 0 saturated heterocycles. The Morgan fingerprint density at radius 2 is 1.78 bits per heavy atom. The van der Waals surface area contributed by atoms with Crippen molar-refractivity contribution >= 4 is 61.1 Å². The van der Waals surface area contributed by atoms with Crippen molar-refractivity contribution in [2.75, 3.05) is 5.32 Å². The number of carbonyl (C=O) groups excluding carboxylic acids is 1. The Balaban J connectivity index is 1.79. The molecule has 0 aliphatic carbocycles. The summed E-state index contributed by atoms with van der Waals surface area (Å²) in [6.45, 7) is 1.85. The van der Waals surface area contributed by atoms with Crippen molar-refractivity contribution < 1.29 is 9.21 Å². The van der Waals surface area contributed by atoms with Crippen LogP contribution in [0.1, 0.15) is 15.9 Å². The molecule has 6 heteroatoms. The van der Waals surface area contributed by atoms with E-state index in [1.807, 2.05) is 13.0 Å². The highest BCUT2D eigenvalue weighted by molar-refractivity contribution is 9.10. The predicted octanol–water partition coefficient (Wildman–Crippen LogP) is 5.92. The lowest BCUT2D eigenvalue weighted by molar-refractivity contribution is 0.102. The summed E-state index contributed by atoms with van der Waals surface area (Å²) in [6, 6.07) is 15.5. The monoisotopic (exact) mass is 441 g/mol. The van der Waals surface area contributed by atoms with Crippen LogP contribution >= 0.6 is 27.5 Å². The van der Waals surface area contributed by atoms with Gasteiger partial charge in [0.15, 0.2) is 0 Å². The largest absolute Gasteiger partial charge is 0.456 e. The zero-order valence-electron chi connectivity index (χ0n) is 14.2. The fourth-order valence-corrected chi connectivity index (χ4v) is 3.52. The lowest BCUT2D eigenvalue weighted by atomic mass is 10.1. The third-order valence-corrected chi connectivity index (χ3v) is 5.43. The number of benzene rings is 3. The minimum absolute atomic E-state index is 0.156. The Morgan fingerprint density at radius 3 is 2.56 bits per heavy atom. The minimum Gasteiger partial charge on any atom is -0.456 e. The summed E-state index contributed by atoms with van der Waals surface area (Å²) in [6.07, 6.45) is 0. The quantitative estimate of drug-likeness (QED) is 0.392. The average Bonchev–Trinajstić information content (AvgIpc) is 2.64. The zero-order valence-corrected chi connectivity index (χ0v) is 16.5. The van der Waals surface area contributed by atoms with Crippen molar-refractivity contribution in [2.24, 2.45) is 0 Å². The van der Waals surface area contributed by atoms with Crippen molar-refractivity contribution in [3.63, 3.8) is 0 Å². The van der Waals surface area contributed by atoms with Crippen LogP contribution in [0.25, 0.3) is 21.9 Å². The Labute approximate surface area is 167 Å². The molecule has 1 aromatic heterocycles. The second-order valence-electron chi connectivity index (χ2n) is 6.17. The van der Waals surface area contributed by atoms with E-state index in [1.165, 1.54) is 0 Å². The molecular weight excluding hydrogens is 430 g/mol. The van der Waals surface area contributed by atoms with Crippen molar-refractivity contribution in [1.29, 1.82) is 0 Å². The lowest BCUT2D eigenvalue weighted by Crippen LogP contribution is -2.12. The number of aryl methyl sites for hydroxylation is 1. The van der Waals surface area contributed by atoms with Gasteiger partial charge in [-0.05, 0) is 64.8 Å². The van der Waals surface area contributed by atoms with Gasteiger partial charge in [0.1, 0.15) is 11.2 Å². The van der Waals surface area contributed by atoms with E-state index in [2.05, 4.69) is 21.2 Å². The highest BCUT2D eigenvalue weighted by Gasteiger charge is 2.13. The maximum absolute atomic E-state index is 12.7. The van der Waals surface area contributed by atoms with Crippen LogP contribution in [0, 0.1) is 6.92 Å². The molecule has 0 unspecified atom stereocenters. The van der Waals surface area contributed by atoms with Gasteiger partial charge in [0.05, 0.1) is 16.3 Å². The molecule has 4 rings (SSSR count). The van der Waals surface area contributed by atoms with Gasteiger partial charge in [-0.1, -0.05) is 23.7 Å². The van der Waals surface area contributed by atoms with E-state index in [0.717, 1.165) is 5.56 Å². The molecule has 0 bridgehead atoms. The molecule has 0 aliphatic heterocycles. The van der Waals surface area contributed by atoms with Gasteiger partial charge < -0.3 is 9.73 Å². The van der Waals surface area contributed by atoms with E-state index in [4.69, 9.17) is 16.0 Å². The molecule has 0 saturated carbocycles. The van der Waals surface area contributed by atoms with Crippen molar-refractivity contribution in [3.05, 3.63) is 85.4 Å². The van der Waals surface area contributed by atoms with Crippen LogP contribution in [-0.2, 0) is 0 Å². The molecule has 134 valence electrons. The van der Waals surface area contributed by atoms with E-state index in [9.17, 15) is 9.59 Å². The van der Waals surface area contributed by atoms with E-state index in [-0.39, 0.29) is 11.3 Å². The molecule has 27 heavy (non-hydrogen) atoms. The second-order valence-corrected chi connectivity index (χ2v) is 7.44. The third-order valence-electron chi connectivity index (χ3n) is 4.33. The van der Waals surface area contributed by atoms with Crippen molar-refractivity contribution in [2.45, 2.75) is 6.92 Å². The molecule has 0 radical (unpaired) electrons. The number of hydrogen-bond donors (Lipinski definition) is 1. The maximum atomic E-state index is 12.7.